The molecule has 1 unspecified atom stereocenters. The monoisotopic (exact) mass is 448 g/mol. The van der Waals surface area contributed by atoms with Gasteiger partial charge in [-0.25, -0.2) is 4.79 Å². The number of ether oxygens (including phenoxy) is 1. The molecule has 0 aromatic heterocycles. The van der Waals surface area contributed by atoms with Gasteiger partial charge in [0.15, 0.2) is 0 Å². The maximum absolute atomic E-state index is 12.7. The van der Waals surface area contributed by atoms with E-state index in [1.54, 1.807) is 17.0 Å². The van der Waals surface area contributed by atoms with Crippen molar-refractivity contribution in [2.24, 2.45) is 0 Å². The van der Waals surface area contributed by atoms with E-state index in [9.17, 15) is 27.9 Å². The van der Waals surface area contributed by atoms with Crippen molar-refractivity contribution in [2.45, 2.75) is 25.1 Å². The van der Waals surface area contributed by atoms with Crippen molar-refractivity contribution in [3.63, 3.8) is 0 Å². The van der Waals surface area contributed by atoms with Crippen LogP contribution in [0.5, 0.6) is 5.75 Å². The molecule has 1 amide bonds. The molecule has 32 heavy (non-hydrogen) atoms. The number of hydrogen-bond donors (Lipinski definition) is 1. The van der Waals surface area contributed by atoms with E-state index in [1.165, 1.54) is 18.2 Å². The summed E-state index contributed by atoms with van der Waals surface area (Å²) in [5.74, 6) is -0.655. The lowest BCUT2D eigenvalue weighted by atomic mass is 10.0. The number of hydrogen-bond acceptors (Lipinski definition) is 5. The van der Waals surface area contributed by atoms with Gasteiger partial charge in [-0.15, -0.1) is 0 Å². The van der Waals surface area contributed by atoms with Crippen molar-refractivity contribution >= 4 is 11.9 Å². The summed E-state index contributed by atoms with van der Waals surface area (Å²) in [5.41, 5.74) is 0.676. The van der Waals surface area contributed by atoms with Crippen molar-refractivity contribution in [1.82, 2.24) is 9.80 Å². The van der Waals surface area contributed by atoms with E-state index in [0.717, 1.165) is 30.7 Å². The number of carbonyl (C=O) groups is 2. The van der Waals surface area contributed by atoms with E-state index in [-0.39, 0.29) is 23.3 Å². The Labute approximate surface area is 183 Å². The first-order valence-electron chi connectivity index (χ1n) is 10.4. The van der Waals surface area contributed by atoms with Gasteiger partial charge < -0.3 is 14.7 Å². The van der Waals surface area contributed by atoms with Crippen LogP contribution in [0.4, 0.5) is 13.2 Å². The Bertz CT molecular complexity index is 999. The molecule has 0 bridgehead atoms. The molecular formula is C23H23F3N2O4. The number of piperazine rings is 1. The van der Waals surface area contributed by atoms with E-state index < -0.39 is 17.7 Å². The minimum absolute atomic E-state index is 0.0325. The smallest absolute Gasteiger partial charge is 0.416 e. The third-order valence-corrected chi connectivity index (χ3v) is 5.91. The van der Waals surface area contributed by atoms with Crippen molar-refractivity contribution < 1.29 is 32.6 Å². The zero-order valence-corrected chi connectivity index (χ0v) is 17.3. The molecule has 0 aliphatic carbocycles. The normalized spacial score (nSPS) is 19.0. The Morgan fingerprint density at radius 2 is 1.75 bits per heavy atom. The van der Waals surface area contributed by atoms with Crippen LogP contribution < -0.4 is 0 Å². The maximum Gasteiger partial charge on any atom is 0.416 e. The molecule has 2 aliphatic heterocycles. The molecule has 1 atom stereocenters. The summed E-state index contributed by atoms with van der Waals surface area (Å²) in [6.45, 7) is 3.12. The SMILES string of the molecule is O=C1OC(CCCN2CCN(C(=O)c3ccc(C(F)(F)F)cc3)CC2)c2ccc(O)cc21. The average molecular weight is 448 g/mol. The summed E-state index contributed by atoms with van der Waals surface area (Å²) in [4.78, 5) is 28.4. The molecule has 170 valence electrons. The Morgan fingerprint density at radius 1 is 1.06 bits per heavy atom. The molecule has 2 aromatic rings. The molecule has 2 aliphatic rings. The van der Waals surface area contributed by atoms with Crippen LogP contribution in [0, 0.1) is 0 Å². The third kappa shape index (κ3) is 4.72. The molecule has 4 rings (SSSR count). The minimum Gasteiger partial charge on any atom is -0.508 e. The Hall–Kier alpha value is -3.07. The van der Waals surface area contributed by atoms with Crippen LogP contribution in [0.2, 0.25) is 0 Å². The number of phenols is 1. The van der Waals surface area contributed by atoms with Crippen molar-refractivity contribution in [3.05, 3.63) is 64.7 Å². The molecule has 0 spiro atoms. The number of halogens is 3. The first-order valence-corrected chi connectivity index (χ1v) is 10.4. The van der Waals surface area contributed by atoms with Crippen LogP contribution in [0.3, 0.4) is 0 Å². The van der Waals surface area contributed by atoms with E-state index >= 15 is 0 Å². The van der Waals surface area contributed by atoms with E-state index in [4.69, 9.17) is 4.74 Å². The summed E-state index contributed by atoms with van der Waals surface area (Å²) in [6.07, 6.45) is -3.28. The predicted octanol–water partition coefficient (Wildman–Crippen LogP) is 3.86. The molecule has 1 N–H and O–H groups in total. The number of amides is 1. The van der Waals surface area contributed by atoms with Gasteiger partial charge >= 0.3 is 12.1 Å². The number of alkyl halides is 3. The lowest BCUT2D eigenvalue weighted by Crippen LogP contribution is -2.48. The van der Waals surface area contributed by atoms with Gasteiger partial charge in [-0.1, -0.05) is 6.07 Å². The molecule has 9 heteroatoms. The molecule has 1 saturated heterocycles. The maximum atomic E-state index is 12.7. The summed E-state index contributed by atoms with van der Waals surface area (Å²) >= 11 is 0. The molecule has 0 radical (unpaired) electrons. The third-order valence-electron chi connectivity index (χ3n) is 5.91. The van der Waals surface area contributed by atoms with Gasteiger partial charge in [0.05, 0.1) is 11.1 Å². The summed E-state index contributed by atoms with van der Waals surface area (Å²) in [7, 11) is 0. The molecule has 6 nitrogen and oxygen atoms in total. The number of fused-ring (bicyclic) bond motifs is 1. The number of carbonyl (C=O) groups excluding carboxylic acids is 2. The van der Waals surface area contributed by atoms with Gasteiger partial charge in [0.2, 0.25) is 0 Å². The van der Waals surface area contributed by atoms with Crippen LogP contribution >= 0.6 is 0 Å². The highest BCUT2D eigenvalue weighted by Gasteiger charge is 2.32. The quantitative estimate of drug-likeness (QED) is 0.704. The lowest BCUT2D eigenvalue weighted by Gasteiger charge is -2.35. The number of nitrogens with zero attached hydrogens (tertiary/aromatic N) is 2. The first-order chi connectivity index (χ1) is 15.2. The summed E-state index contributed by atoms with van der Waals surface area (Å²) in [6, 6.07) is 8.98. The van der Waals surface area contributed by atoms with E-state index in [2.05, 4.69) is 4.90 Å². The van der Waals surface area contributed by atoms with E-state index in [0.29, 0.717) is 38.2 Å². The minimum atomic E-state index is -4.42. The first kappa shape index (κ1) is 22.1. The number of esters is 1. The lowest BCUT2D eigenvalue weighted by molar-refractivity contribution is -0.137. The molecule has 2 aromatic carbocycles. The van der Waals surface area contributed by atoms with E-state index in [1.807, 2.05) is 0 Å². The zero-order chi connectivity index (χ0) is 22.9. The summed E-state index contributed by atoms with van der Waals surface area (Å²) < 4.78 is 43.5. The predicted molar refractivity (Wildman–Crippen MR) is 109 cm³/mol. The number of benzene rings is 2. The van der Waals surface area contributed by atoms with Crippen LogP contribution in [0.1, 0.15) is 50.8 Å². The average Bonchev–Trinajstić information content (AvgIpc) is 3.08. The fourth-order valence-corrected chi connectivity index (χ4v) is 4.13. The highest BCUT2D eigenvalue weighted by Crippen LogP contribution is 2.35. The number of aromatic hydroxyl groups is 1. The number of cyclic esters (lactones) is 1. The van der Waals surface area contributed by atoms with Gasteiger partial charge in [0.25, 0.3) is 5.91 Å². The van der Waals surface area contributed by atoms with Gasteiger partial charge in [0, 0.05) is 37.3 Å². The Morgan fingerprint density at radius 3 is 2.41 bits per heavy atom. The molecular weight excluding hydrogens is 425 g/mol. The van der Waals surface area contributed by atoms with Crippen molar-refractivity contribution in [3.8, 4) is 5.75 Å². The standard InChI is InChI=1S/C23H23F3N2O4/c24-23(25,26)16-5-3-15(4-6-16)21(30)28-12-10-27(11-13-28)9-1-2-20-18-8-7-17(29)14-19(18)22(31)32-20/h3-8,14,20,29H,1-2,9-13H2. The van der Waals surface area contributed by atoms with Crippen LogP contribution in [-0.2, 0) is 10.9 Å². The van der Waals surface area contributed by atoms with Crippen LogP contribution in [0.15, 0.2) is 42.5 Å². The topological polar surface area (TPSA) is 70.1 Å². The second-order valence-electron chi connectivity index (χ2n) is 8.02. The van der Waals surface area contributed by atoms with Gasteiger partial charge in [-0.05, 0) is 55.8 Å². The van der Waals surface area contributed by atoms with Crippen molar-refractivity contribution in [2.75, 3.05) is 32.7 Å². The highest BCUT2D eigenvalue weighted by molar-refractivity contribution is 5.95. The van der Waals surface area contributed by atoms with Crippen molar-refractivity contribution in [1.29, 1.82) is 0 Å². The second kappa shape index (κ2) is 8.82. The second-order valence-corrected chi connectivity index (χ2v) is 8.02. The van der Waals surface area contributed by atoms with Crippen LogP contribution in [0.25, 0.3) is 0 Å². The van der Waals surface area contributed by atoms with Gasteiger partial charge in [0.1, 0.15) is 11.9 Å². The molecule has 1 fully saturated rings. The fourth-order valence-electron chi connectivity index (χ4n) is 4.13. The largest absolute Gasteiger partial charge is 0.508 e. The molecule has 0 saturated carbocycles. The van der Waals surface area contributed by atoms with Gasteiger partial charge in [-0.2, -0.15) is 13.2 Å². The molecule has 2 heterocycles. The number of rotatable bonds is 5. The number of phenolic OH excluding ortho intramolecular Hbond substituents is 1. The Kier molecular flexibility index (Phi) is 6.10. The fraction of sp³-hybridized carbons (Fsp3) is 0.391. The zero-order valence-electron chi connectivity index (χ0n) is 17.3. The summed E-state index contributed by atoms with van der Waals surface area (Å²) in [5, 5.41) is 9.54. The van der Waals surface area contributed by atoms with Gasteiger partial charge in [-0.3, -0.25) is 9.69 Å². The Balaban J connectivity index is 1.23. The highest BCUT2D eigenvalue weighted by atomic mass is 19.4. The van der Waals surface area contributed by atoms with Crippen LogP contribution in [-0.4, -0.2) is 59.5 Å².